The molecule has 26 heavy (non-hydrogen) atoms. The van der Waals surface area contributed by atoms with E-state index in [0.717, 1.165) is 38.1 Å². The van der Waals surface area contributed by atoms with E-state index in [1.165, 1.54) is 37.1 Å². The predicted octanol–water partition coefficient (Wildman–Crippen LogP) is 2.98. The lowest BCUT2D eigenvalue weighted by molar-refractivity contribution is 0.120. The number of guanidine groups is 1. The van der Waals surface area contributed by atoms with E-state index >= 15 is 0 Å². The summed E-state index contributed by atoms with van der Waals surface area (Å²) in [5.74, 6) is 1.70. The first kappa shape index (κ1) is 23.2. The quantitative estimate of drug-likeness (QED) is 0.375. The Labute approximate surface area is 176 Å². The van der Waals surface area contributed by atoms with Crippen LogP contribution in [0.2, 0.25) is 0 Å². The summed E-state index contributed by atoms with van der Waals surface area (Å²) in [6.45, 7) is 8.28. The Kier molecular flexibility index (Phi) is 11.2. The van der Waals surface area contributed by atoms with Gasteiger partial charge in [-0.1, -0.05) is 24.3 Å². The molecule has 0 aliphatic carbocycles. The van der Waals surface area contributed by atoms with Gasteiger partial charge in [0, 0.05) is 40.8 Å². The van der Waals surface area contributed by atoms with E-state index in [1.54, 1.807) is 7.11 Å². The molecule has 148 valence electrons. The predicted molar refractivity (Wildman–Crippen MR) is 120 cm³/mol. The van der Waals surface area contributed by atoms with Gasteiger partial charge in [-0.3, -0.25) is 4.99 Å². The van der Waals surface area contributed by atoms with Crippen LogP contribution in [0.4, 0.5) is 0 Å². The van der Waals surface area contributed by atoms with Gasteiger partial charge in [0.05, 0.1) is 6.61 Å². The number of halogens is 1. The summed E-state index contributed by atoms with van der Waals surface area (Å²) in [5.41, 5.74) is 2.67. The number of aliphatic imine (C=N–C) groups is 1. The third kappa shape index (κ3) is 7.40. The molecule has 1 saturated heterocycles. The highest BCUT2D eigenvalue weighted by atomic mass is 127. The molecule has 6 heteroatoms. The zero-order chi connectivity index (χ0) is 18.1. The highest BCUT2D eigenvalue weighted by Crippen LogP contribution is 2.16. The smallest absolute Gasteiger partial charge is 0.193 e. The molecule has 1 heterocycles. The number of nitrogens with zero attached hydrogens (tertiary/aromatic N) is 3. The standard InChI is InChI=1S/C20H34N4O.HI/c1-17-7-5-6-8-19(17)16-23(3)20(21-2)22-15-18-9-11-24(12-10-18)13-14-25-4;/h5-8,18H,9-16H2,1-4H3,(H,21,22);1H. The van der Waals surface area contributed by atoms with E-state index in [1.807, 2.05) is 7.05 Å². The lowest BCUT2D eigenvalue weighted by atomic mass is 9.97. The van der Waals surface area contributed by atoms with Gasteiger partial charge in [0.25, 0.3) is 0 Å². The van der Waals surface area contributed by atoms with Crippen molar-refractivity contribution in [1.29, 1.82) is 0 Å². The summed E-state index contributed by atoms with van der Waals surface area (Å²) in [5, 5.41) is 3.57. The largest absolute Gasteiger partial charge is 0.383 e. The Morgan fingerprint density at radius 1 is 1.31 bits per heavy atom. The van der Waals surface area contributed by atoms with Gasteiger partial charge in [0.2, 0.25) is 0 Å². The van der Waals surface area contributed by atoms with Crippen molar-refractivity contribution in [1.82, 2.24) is 15.1 Å². The molecule has 0 aromatic heterocycles. The van der Waals surface area contributed by atoms with Crippen molar-refractivity contribution in [3.63, 3.8) is 0 Å². The molecule has 0 atom stereocenters. The van der Waals surface area contributed by atoms with Gasteiger partial charge in [-0.25, -0.2) is 0 Å². The second kappa shape index (κ2) is 12.5. The minimum Gasteiger partial charge on any atom is -0.383 e. The van der Waals surface area contributed by atoms with Gasteiger partial charge < -0.3 is 19.9 Å². The molecule has 0 radical (unpaired) electrons. The highest BCUT2D eigenvalue weighted by molar-refractivity contribution is 14.0. The summed E-state index contributed by atoms with van der Waals surface area (Å²) < 4.78 is 5.17. The first-order valence-electron chi connectivity index (χ1n) is 9.31. The molecule has 0 spiro atoms. The molecule has 0 amide bonds. The fourth-order valence-electron chi connectivity index (χ4n) is 3.37. The third-order valence-corrected chi connectivity index (χ3v) is 5.11. The molecule has 1 aromatic carbocycles. The number of piperidine rings is 1. The maximum atomic E-state index is 5.17. The average molecular weight is 474 g/mol. The molecule has 0 bridgehead atoms. The van der Waals surface area contributed by atoms with Gasteiger partial charge >= 0.3 is 0 Å². The number of hydrogen-bond donors (Lipinski definition) is 1. The molecule has 1 aromatic rings. The van der Waals surface area contributed by atoms with Crippen LogP contribution in [-0.4, -0.2) is 69.8 Å². The first-order valence-corrected chi connectivity index (χ1v) is 9.31. The molecule has 1 aliphatic heterocycles. The molecule has 5 nitrogen and oxygen atoms in total. The number of aryl methyl sites for hydroxylation is 1. The third-order valence-electron chi connectivity index (χ3n) is 5.11. The van der Waals surface area contributed by atoms with Gasteiger partial charge in [-0.2, -0.15) is 0 Å². The van der Waals surface area contributed by atoms with Gasteiger partial charge in [-0.05, 0) is 49.9 Å². The van der Waals surface area contributed by atoms with Gasteiger partial charge in [0.15, 0.2) is 5.96 Å². The molecule has 1 fully saturated rings. The summed E-state index contributed by atoms with van der Waals surface area (Å²) in [6.07, 6.45) is 2.49. The second-order valence-electron chi connectivity index (χ2n) is 6.99. The first-order chi connectivity index (χ1) is 12.1. The number of likely N-dealkylation sites (tertiary alicyclic amines) is 1. The Morgan fingerprint density at radius 2 is 2.00 bits per heavy atom. The monoisotopic (exact) mass is 474 g/mol. The minimum atomic E-state index is 0. The SMILES string of the molecule is CN=C(NCC1CCN(CCOC)CC1)N(C)Cc1ccccc1C.I. The summed E-state index contributed by atoms with van der Waals surface area (Å²) >= 11 is 0. The lowest BCUT2D eigenvalue weighted by Crippen LogP contribution is -2.43. The molecule has 1 aliphatic rings. The van der Waals surface area contributed by atoms with Crippen molar-refractivity contribution in [2.24, 2.45) is 10.9 Å². The fraction of sp³-hybridized carbons (Fsp3) is 0.650. The topological polar surface area (TPSA) is 40.1 Å². The van der Waals surface area contributed by atoms with Crippen molar-refractivity contribution in [2.45, 2.75) is 26.3 Å². The number of hydrogen-bond acceptors (Lipinski definition) is 3. The van der Waals surface area contributed by atoms with Crippen molar-refractivity contribution in [3.05, 3.63) is 35.4 Å². The molecule has 1 N–H and O–H groups in total. The van der Waals surface area contributed by atoms with Crippen LogP contribution in [-0.2, 0) is 11.3 Å². The molecular formula is C20H35IN4O. The maximum Gasteiger partial charge on any atom is 0.193 e. The summed E-state index contributed by atoms with van der Waals surface area (Å²) in [4.78, 5) is 9.16. The van der Waals surface area contributed by atoms with E-state index < -0.39 is 0 Å². The van der Waals surface area contributed by atoms with Crippen LogP contribution in [0.1, 0.15) is 24.0 Å². The number of ether oxygens (including phenoxy) is 1. The van der Waals surface area contributed by atoms with Crippen molar-refractivity contribution in [2.75, 3.05) is 54.0 Å². The average Bonchev–Trinajstić information content (AvgIpc) is 2.63. The Balaban J connectivity index is 0.00000338. The number of methoxy groups -OCH3 is 1. The van der Waals surface area contributed by atoms with Crippen LogP contribution in [0.25, 0.3) is 0 Å². The summed E-state index contributed by atoms with van der Waals surface area (Å²) in [6, 6.07) is 8.54. The van der Waals surface area contributed by atoms with Crippen molar-refractivity contribution >= 4 is 29.9 Å². The number of nitrogens with one attached hydrogen (secondary N) is 1. The van der Waals surface area contributed by atoms with E-state index in [2.05, 4.69) is 58.3 Å². The van der Waals surface area contributed by atoms with E-state index in [0.29, 0.717) is 0 Å². The van der Waals surface area contributed by atoms with Crippen molar-refractivity contribution < 1.29 is 4.74 Å². The van der Waals surface area contributed by atoms with E-state index in [4.69, 9.17) is 4.74 Å². The molecule has 0 saturated carbocycles. The summed E-state index contributed by atoms with van der Waals surface area (Å²) in [7, 11) is 5.74. The lowest BCUT2D eigenvalue weighted by Gasteiger charge is -2.32. The van der Waals surface area contributed by atoms with E-state index in [9.17, 15) is 0 Å². The highest BCUT2D eigenvalue weighted by Gasteiger charge is 2.19. The Bertz CT molecular complexity index is 544. The van der Waals surface area contributed by atoms with Crippen molar-refractivity contribution in [3.8, 4) is 0 Å². The maximum absolute atomic E-state index is 5.17. The van der Waals surface area contributed by atoms with Crippen LogP contribution in [0.5, 0.6) is 0 Å². The molecule has 2 rings (SSSR count). The zero-order valence-electron chi connectivity index (χ0n) is 16.7. The molecule has 0 unspecified atom stereocenters. The van der Waals surface area contributed by atoms with Crippen LogP contribution in [0.3, 0.4) is 0 Å². The number of benzene rings is 1. The van der Waals surface area contributed by atoms with Gasteiger partial charge in [0.1, 0.15) is 0 Å². The Morgan fingerprint density at radius 3 is 2.62 bits per heavy atom. The van der Waals surface area contributed by atoms with E-state index in [-0.39, 0.29) is 24.0 Å². The molecular weight excluding hydrogens is 439 g/mol. The minimum absolute atomic E-state index is 0. The Hall–Kier alpha value is -0.860. The van der Waals surface area contributed by atoms with Crippen LogP contribution in [0.15, 0.2) is 29.3 Å². The van der Waals surface area contributed by atoms with Crippen LogP contribution >= 0.6 is 24.0 Å². The van der Waals surface area contributed by atoms with Gasteiger partial charge in [-0.15, -0.1) is 24.0 Å². The van der Waals surface area contributed by atoms with Crippen LogP contribution < -0.4 is 5.32 Å². The second-order valence-corrected chi connectivity index (χ2v) is 6.99. The normalized spacial score (nSPS) is 16.2. The fourth-order valence-corrected chi connectivity index (χ4v) is 3.37. The number of rotatable bonds is 7. The van der Waals surface area contributed by atoms with Crippen LogP contribution in [0, 0.1) is 12.8 Å². The zero-order valence-corrected chi connectivity index (χ0v) is 19.0.